The van der Waals surface area contributed by atoms with Gasteiger partial charge in [0.05, 0.1) is 12.7 Å². The molecule has 0 radical (unpaired) electrons. The van der Waals surface area contributed by atoms with Crippen molar-refractivity contribution in [3.63, 3.8) is 0 Å². The van der Waals surface area contributed by atoms with Gasteiger partial charge in [-0.3, -0.25) is 0 Å². The van der Waals surface area contributed by atoms with E-state index in [0.717, 1.165) is 17.9 Å². The van der Waals surface area contributed by atoms with Crippen LogP contribution < -0.4 is 0 Å². The Morgan fingerprint density at radius 1 is 1.50 bits per heavy atom. The van der Waals surface area contributed by atoms with E-state index in [1.807, 2.05) is 0 Å². The van der Waals surface area contributed by atoms with Gasteiger partial charge in [-0.05, 0) is 17.9 Å². The van der Waals surface area contributed by atoms with Crippen LogP contribution in [0.4, 0.5) is 0 Å². The van der Waals surface area contributed by atoms with E-state index in [1.165, 1.54) is 0 Å². The van der Waals surface area contributed by atoms with E-state index in [9.17, 15) is 0 Å². The number of thioether (sulfide) groups is 1. The normalized spacial score (nSPS) is 13.5. The van der Waals surface area contributed by atoms with Crippen LogP contribution in [0, 0.1) is 0 Å². The summed E-state index contributed by atoms with van der Waals surface area (Å²) in [6, 6.07) is 0. The highest BCUT2D eigenvalue weighted by Crippen LogP contribution is 2.04. The lowest BCUT2D eigenvalue weighted by atomic mass is 10.4. The van der Waals surface area contributed by atoms with Gasteiger partial charge in [0.2, 0.25) is 0 Å². The maximum absolute atomic E-state index is 8.87. The predicted molar refractivity (Wildman–Crippen MR) is 48.9 cm³/mol. The summed E-state index contributed by atoms with van der Waals surface area (Å²) in [5.41, 5.74) is 0. The van der Waals surface area contributed by atoms with Gasteiger partial charge in [-0.2, -0.15) is 24.4 Å². The average Bonchev–Trinajstić information content (AvgIpc) is 1.98. The molecule has 0 aromatic heterocycles. The van der Waals surface area contributed by atoms with Gasteiger partial charge in [0, 0.05) is 5.75 Å². The van der Waals surface area contributed by atoms with Crippen molar-refractivity contribution in [1.82, 2.24) is 0 Å². The van der Waals surface area contributed by atoms with Gasteiger partial charge in [-0.15, -0.1) is 0 Å². The van der Waals surface area contributed by atoms with Crippen molar-refractivity contribution in [2.24, 2.45) is 0 Å². The Morgan fingerprint density at radius 2 is 2.20 bits per heavy atom. The number of hydrogen-bond donors (Lipinski definition) is 3. The fraction of sp³-hybridized carbons (Fsp3) is 1.00. The molecule has 0 heterocycles. The Balaban J connectivity index is 2.89. The number of aliphatic hydroxyl groups excluding tert-OH is 2. The van der Waals surface area contributed by atoms with Gasteiger partial charge in [0.25, 0.3) is 0 Å². The zero-order valence-corrected chi connectivity index (χ0v) is 7.57. The standard InChI is InChI=1S/C6H14O2S2/c7-4-6(8)5-10-3-1-2-9/h6-9H,1-5H2. The molecule has 0 spiro atoms. The Bertz CT molecular complexity index is 70.8. The number of thiol groups is 1. The lowest BCUT2D eigenvalue weighted by Crippen LogP contribution is -2.14. The molecule has 0 aromatic rings. The highest BCUT2D eigenvalue weighted by atomic mass is 32.2. The first-order valence-electron chi connectivity index (χ1n) is 3.28. The summed E-state index contributed by atoms with van der Waals surface area (Å²) in [5, 5.41) is 17.3. The molecular formula is C6H14O2S2. The lowest BCUT2D eigenvalue weighted by Gasteiger charge is -2.04. The molecule has 1 unspecified atom stereocenters. The van der Waals surface area contributed by atoms with E-state index >= 15 is 0 Å². The molecule has 0 aromatic carbocycles. The third-order valence-corrected chi connectivity index (χ3v) is 2.48. The van der Waals surface area contributed by atoms with E-state index in [1.54, 1.807) is 11.8 Å². The molecule has 0 amide bonds. The molecule has 4 heteroatoms. The van der Waals surface area contributed by atoms with Crippen LogP contribution in [0.3, 0.4) is 0 Å². The molecule has 0 saturated heterocycles. The van der Waals surface area contributed by atoms with Crippen LogP contribution >= 0.6 is 24.4 Å². The van der Waals surface area contributed by atoms with Crippen molar-refractivity contribution in [2.75, 3.05) is 23.9 Å². The van der Waals surface area contributed by atoms with Crippen LogP contribution in [0.1, 0.15) is 6.42 Å². The van der Waals surface area contributed by atoms with Crippen molar-refractivity contribution in [3.05, 3.63) is 0 Å². The van der Waals surface area contributed by atoms with Crippen LogP contribution in [0.5, 0.6) is 0 Å². The van der Waals surface area contributed by atoms with Crippen molar-refractivity contribution in [1.29, 1.82) is 0 Å². The van der Waals surface area contributed by atoms with Gasteiger partial charge in [-0.25, -0.2) is 0 Å². The fourth-order valence-electron chi connectivity index (χ4n) is 0.439. The molecule has 0 bridgehead atoms. The second-order valence-electron chi connectivity index (χ2n) is 1.99. The van der Waals surface area contributed by atoms with Crippen LogP contribution in [0.15, 0.2) is 0 Å². The zero-order chi connectivity index (χ0) is 7.82. The van der Waals surface area contributed by atoms with Crippen LogP contribution in [0.25, 0.3) is 0 Å². The minimum absolute atomic E-state index is 0.131. The topological polar surface area (TPSA) is 40.5 Å². The van der Waals surface area contributed by atoms with E-state index in [2.05, 4.69) is 12.6 Å². The maximum atomic E-state index is 8.87. The Labute approximate surface area is 71.4 Å². The quantitative estimate of drug-likeness (QED) is 0.411. The first kappa shape index (κ1) is 10.6. The minimum Gasteiger partial charge on any atom is -0.394 e. The number of aliphatic hydroxyl groups is 2. The van der Waals surface area contributed by atoms with Crippen molar-refractivity contribution in [2.45, 2.75) is 12.5 Å². The lowest BCUT2D eigenvalue weighted by molar-refractivity contribution is 0.113. The van der Waals surface area contributed by atoms with Gasteiger partial charge < -0.3 is 10.2 Å². The number of hydrogen-bond acceptors (Lipinski definition) is 4. The van der Waals surface area contributed by atoms with Crippen LogP contribution in [0.2, 0.25) is 0 Å². The number of rotatable bonds is 6. The highest BCUT2D eigenvalue weighted by Gasteiger charge is 1.99. The molecular weight excluding hydrogens is 168 g/mol. The molecule has 0 aliphatic heterocycles. The van der Waals surface area contributed by atoms with Gasteiger partial charge in [-0.1, -0.05) is 0 Å². The molecule has 62 valence electrons. The molecule has 0 saturated carbocycles. The largest absolute Gasteiger partial charge is 0.394 e. The van der Waals surface area contributed by atoms with Crippen LogP contribution in [-0.4, -0.2) is 40.2 Å². The van der Waals surface area contributed by atoms with E-state index in [-0.39, 0.29) is 6.61 Å². The summed E-state index contributed by atoms with van der Waals surface area (Å²) in [4.78, 5) is 0. The van der Waals surface area contributed by atoms with Crippen molar-refractivity contribution >= 4 is 24.4 Å². The second kappa shape index (κ2) is 7.72. The monoisotopic (exact) mass is 182 g/mol. The van der Waals surface area contributed by atoms with E-state index in [4.69, 9.17) is 10.2 Å². The zero-order valence-electron chi connectivity index (χ0n) is 5.86. The smallest absolute Gasteiger partial charge is 0.0861 e. The summed E-state index contributed by atoms with van der Waals surface area (Å²) in [7, 11) is 0. The molecule has 2 nitrogen and oxygen atoms in total. The van der Waals surface area contributed by atoms with Crippen molar-refractivity contribution in [3.8, 4) is 0 Å². The average molecular weight is 182 g/mol. The second-order valence-corrected chi connectivity index (χ2v) is 3.59. The Morgan fingerprint density at radius 3 is 2.70 bits per heavy atom. The molecule has 1 atom stereocenters. The predicted octanol–water partition coefficient (Wildman–Crippen LogP) is 0.393. The molecule has 0 aliphatic carbocycles. The van der Waals surface area contributed by atoms with E-state index in [0.29, 0.717) is 5.75 Å². The Kier molecular flexibility index (Phi) is 8.20. The molecule has 0 fully saturated rings. The first-order chi connectivity index (χ1) is 4.81. The van der Waals surface area contributed by atoms with E-state index < -0.39 is 6.10 Å². The van der Waals surface area contributed by atoms with Gasteiger partial charge >= 0.3 is 0 Å². The van der Waals surface area contributed by atoms with Crippen molar-refractivity contribution < 1.29 is 10.2 Å². The highest BCUT2D eigenvalue weighted by molar-refractivity contribution is 7.99. The third kappa shape index (κ3) is 6.74. The Hall–Kier alpha value is 0.620. The molecule has 0 aliphatic rings. The van der Waals surface area contributed by atoms with Gasteiger partial charge in [0.1, 0.15) is 0 Å². The van der Waals surface area contributed by atoms with Gasteiger partial charge in [0.15, 0.2) is 0 Å². The molecule has 0 rings (SSSR count). The molecule has 2 N–H and O–H groups in total. The summed E-state index contributed by atoms with van der Waals surface area (Å²) >= 11 is 5.69. The third-order valence-electron chi connectivity index (χ3n) is 0.968. The summed E-state index contributed by atoms with van der Waals surface area (Å²) in [5.74, 6) is 2.53. The fourth-order valence-corrected chi connectivity index (χ4v) is 1.70. The maximum Gasteiger partial charge on any atom is 0.0861 e. The minimum atomic E-state index is -0.551. The first-order valence-corrected chi connectivity index (χ1v) is 5.07. The summed E-state index contributed by atoms with van der Waals surface area (Å²) < 4.78 is 0. The summed E-state index contributed by atoms with van der Waals surface area (Å²) in [6.07, 6.45) is 0.510. The molecule has 10 heavy (non-hydrogen) atoms. The SMILES string of the molecule is OCC(O)CSCCCS. The summed E-state index contributed by atoms with van der Waals surface area (Å²) in [6.45, 7) is -0.131. The van der Waals surface area contributed by atoms with Crippen LogP contribution in [-0.2, 0) is 0 Å².